The predicted octanol–water partition coefficient (Wildman–Crippen LogP) is 0.167. The molecular formula is C14H21N3O3. The summed E-state index contributed by atoms with van der Waals surface area (Å²) in [6.45, 7) is 3.15. The van der Waals surface area contributed by atoms with E-state index in [1.54, 1.807) is 12.1 Å². The Morgan fingerprint density at radius 3 is 2.45 bits per heavy atom. The molecule has 6 heteroatoms. The molecule has 0 aromatic heterocycles. The van der Waals surface area contributed by atoms with Gasteiger partial charge in [-0.25, -0.2) is 0 Å². The summed E-state index contributed by atoms with van der Waals surface area (Å²) < 4.78 is 5.32. The van der Waals surface area contributed by atoms with Crippen LogP contribution in [0.5, 0.6) is 5.75 Å². The van der Waals surface area contributed by atoms with E-state index in [2.05, 4.69) is 10.6 Å². The maximum absolute atomic E-state index is 11.5. The zero-order valence-electron chi connectivity index (χ0n) is 11.6. The van der Waals surface area contributed by atoms with Crippen LogP contribution in [0.25, 0.3) is 0 Å². The van der Waals surface area contributed by atoms with E-state index in [-0.39, 0.29) is 24.8 Å². The molecule has 0 saturated carbocycles. The minimum absolute atomic E-state index is 0.0721. The Morgan fingerprint density at radius 2 is 1.85 bits per heavy atom. The van der Waals surface area contributed by atoms with Gasteiger partial charge in [-0.15, -0.1) is 0 Å². The Kier molecular flexibility index (Phi) is 7.13. The van der Waals surface area contributed by atoms with Crippen LogP contribution in [0, 0.1) is 0 Å². The molecule has 2 amide bonds. The van der Waals surface area contributed by atoms with Gasteiger partial charge in [-0.1, -0.05) is 12.1 Å². The van der Waals surface area contributed by atoms with Crippen molar-refractivity contribution < 1.29 is 14.3 Å². The Bertz CT molecular complexity index is 432. The second-order valence-electron chi connectivity index (χ2n) is 4.19. The number of hydrogen-bond donors (Lipinski definition) is 3. The van der Waals surface area contributed by atoms with Gasteiger partial charge in [-0.05, 0) is 24.6 Å². The van der Waals surface area contributed by atoms with Gasteiger partial charge in [0.2, 0.25) is 5.91 Å². The van der Waals surface area contributed by atoms with Gasteiger partial charge in [0.15, 0.2) is 6.61 Å². The molecule has 4 N–H and O–H groups in total. The van der Waals surface area contributed by atoms with Crippen LogP contribution >= 0.6 is 0 Å². The average Bonchev–Trinajstić information content (AvgIpc) is 2.46. The molecule has 0 fully saturated rings. The largest absolute Gasteiger partial charge is 0.484 e. The second kappa shape index (κ2) is 8.92. The number of nitrogens with two attached hydrogens (primary N) is 1. The van der Waals surface area contributed by atoms with E-state index in [4.69, 9.17) is 10.5 Å². The van der Waals surface area contributed by atoms with Gasteiger partial charge in [-0.3, -0.25) is 9.59 Å². The molecule has 20 heavy (non-hydrogen) atoms. The van der Waals surface area contributed by atoms with Crippen molar-refractivity contribution in [2.45, 2.75) is 19.9 Å². The number of hydrogen-bond acceptors (Lipinski definition) is 4. The van der Waals surface area contributed by atoms with Crippen LogP contribution in [-0.2, 0) is 16.1 Å². The van der Waals surface area contributed by atoms with Crippen molar-refractivity contribution >= 4 is 11.8 Å². The SMILES string of the molecule is CCNC(=O)CCNC(=O)COc1ccc(CN)cc1. The number of amides is 2. The molecule has 0 saturated heterocycles. The van der Waals surface area contributed by atoms with Gasteiger partial charge in [0.1, 0.15) is 5.75 Å². The van der Waals surface area contributed by atoms with E-state index in [0.29, 0.717) is 25.4 Å². The van der Waals surface area contributed by atoms with Crippen molar-refractivity contribution in [1.82, 2.24) is 10.6 Å². The Labute approximate surface area is 118 Å². The first-order chi connectivity index (χ1) is 9.65. The van der Waals surface area contributed by atoms with Crippen LogP contribution in [0.1, 0.15) is 18.9 Å². The number of ether oxygens (including phenoxy) is 1. The Morgan fingerprint density at radius 1 is 1.15 bits per heavy atom. The molecule has 0 aliphatic rings. The van der Waals surface area contributed by atoms with Crippen LogP contribution in [0.4, 0.5) is 0 Å². The zero-order valence-corrected chi connectivity index (χ0v) is 11.6. The second-order valence-corrected chi connectivity index (χ2v) is 4.19. The summed E-state index contributed by atoms with van der Waals surface area (Å²) in [4.78, 5) is 22.7. The van der Waals surface area contributed by atoms with Crippen molar-refractivity contribution in [2.24, 2.45) is 5.73 Å². The van der Waals surface area contributed by atoms with Crippen LogP contribution < -0.4 is 21.1 Å². The summed E-state index contributed by atoms with van der Waals surface area (Å²) >= 11 is 0. The van der Waals surface area contributed by atoms with E-state index in [0.717, 1.165) is 5.56 Å². The zero-order chi connectivity index (χ0) is 14.8. The van der Waals surface area contributed by atoms with Crippen LogP contribution in [0.3, 0.4) is 0 Å². The molecule has 0 unspecified atom stereocenters. The molecule has 110 valence electrons. The van der Waals surface area contributed by atoms with Gasteiger partial charge in [0.05, 0.1) is 0 Å². The van der Waals surface area contributed by atoms with Crippen LogP contribution in [-0.4, -0.2) is 31.5 Å². The van der Waals surface area contributed by atoms with Gasteiger partial charge in [0.25, 0.3) is 5.91 Å². The summed E-state index contributed by atoms with van der Waals surface area (Å²) in [6.07, 6.45) is 0.269. The minimum Gasteiger partial charge on any atom is -0.484 e. The molecule has 0 aliphatic carbocycles. The van der Waals surface area contributed by atoms with Crippen molar-refractivity contribution in [1.29, 1.82) is 0 Å². The van der Waals surface area contributed by atoms with Crippen LogP contribution in [0.2, 0.25) is 0 Å². The van der Waals surface area contributed by atoms with E-state index < -0.39 is 0 Å². The van der Waals surface area contributed by atoms with Gasteiger partial charge in [-0.2, -0.15) is 0 Å². The first-order valence-electron chi connectivity index (χ1n) is 6.61. The lowest BCUT2D eigenvalue weighted by atomic mass is 10.2. The molecule has 0 radical (unpaired) electrons. The number of carbonyl (C=O) groups excluding carboxylic acids is 2. The maximum Gasteiger partial charge on any atom is 0.257 e. The lowest BCUT2D eigenvalue weighted by Gasteiger charge is -2.08. The predicted molar refractivity (Wildman–Crippen MR) is 76.1 cm³/mol. The fourth-order valence-corrected chi connectivity index (χ4v) is 1.52. The highest BCUT2D eigenvalue weighted by Crippen LogP contribution is 2.11. The maximum atomic E-state index is 11.5. The number of carbonyl (C=O) groups is 2. The first-order valence-corrected chi connectivity index (χ1v) is 6.61. The van der Waals surface area contributed by atoms with Gasteiger partial charge >= 0.3 is 0 Å². The fourth-order valence-electron chi connectivity index (χ4n) is 1.52. The third-order valence-electron chi connectivity index (χ3n) is 2.58. The number of nitrogens with one attached hydrogen (secondary N) is 2. The van der Waals surface area contributed by atoms with E-state index in [1.165, 1.54) is 0 Å². The fraction of sp³-hybridized carbons (Fsp3) is 0.429. The normalized spacial score (nSPS) is 9.90. The van der Waals surface area contributed by atoms with E-state index in [9.17, 15) is 9.59 Å². The standard InChI is InChI=1S/C14H21N3O3/c1-2-16-13(18)7-8-17-14(19)10-20-12-5-3-11(9-15)4-6-12/h3-6H,2,7-10,15H2,1H3,(H,16,18)(H,17,19). The third-order valence-corrected chi connectivity index (χ3v) is 2.58. The first kappa shape index (κ1) is 16.0. The Balaban J connectivity index is 2.20. The van der Waals surface area contributed by atoms with Crippen molar-refractivity contribution in [3.05, 3.63) is 29.8 Å². The van der Waals surface area contributed by atoms with Gasteiger partial charge < -0.3 is 21.1 Å². The highest BCUT2D eigenvalue weighted by Gasteiger charge is 2.04. The van der Waals surface area contributed by atoms with Crippen molar-refractivity contribution in [3.63, 3.8) is 0 Å². The summed E-state index contributed by atoms with van der Waals surface area (Å²) in [7, 11) is 0. The topological polar surface area (TPSA) is 93.5 Å². The van der Waals surface area contributed by atoms with Crippen LogP contribution in [0.15, 0.2) is 24.3 Å². The molecule has 1 rings (SSSR count). The summed E-state index contributed by atoms with van der Waals surface area (Å²) in [5.41, 5.74) is 6.49. The molecule has 0 aliphatic heterocycles. The molecule has 1 aromatic rings. The monoisotopic (exact) mass is 279 g/mol. The molecule has 0 atom stereocenters. The highest BCUT2D eigenvalue weighted by atomic mass is 16.5. The summed E-state index contributed by atoms with van der Waals surface area (Å²) in [5.74, 6) is 0.282. The summed E-state index contributed by atoms with van der Waals surface area (Å²) in [5, 5.41) is 5.28. The molecule has 6 nitrogen and oxygen atoms in total. The van der Waals surface area contributed by atoms with Crippen molar-refractivity contribution in [3.8, 4) is 5.75 Å². The number of rotatable bonds is 8. The Hall–Kier alpha value is -2.08. The average molecular weight is 279 g/mol. The molecule has 1 aromatic carbocycles. The smallest absolute Gasteiger partial charge is 0.257 e. The van der Waals surface area contributed by atoms with Crippen molar-refractivity contribution in [2.75, 3.05) is 19.7 Å². The molecular weight excluding hydrogens is 258 g/mol. The van der Waals surface area contributed by atoms with Gasteiger partial charge in [0, 0.05) is 26.1 Å². The lowest BCUT2D eigenvalue weighted by Crippen LogP contribution is -2.33. The minimum atomic E-state index is -0.253. The highest BCUT2D eigenvalue weighted by molar-refractivity contribution is 5.79. The summed E-state index contributed by atoms with van der Waals surface area (Å²) in [6, 6.07) is 7.24. The molecule has 0 heterocycles. The van der Waals surface area contributed by atoms with E-state index >= 15 is 0 Å². The number of benzene rings is 1. The molecule has 0 spiro atoms. The van der Waals surface area contributed by atoms with E-state index in [1.807, 2.05) is 19.1 Å². The lowest BCUT2D eigenvalue weighted by molar-refractivity contribution is -0.123. The molecule has 0 bridgehead atoms. The quantitative estimate of drug-likeness (QED) is 0.632. The third kappa shape index (κ3) is 6.19.